The third-order valence-electron chi connectivity index (χ3n) is 12.0. The fourth-order valence-corrected chi connectivity index (χ4v) is 9.79. The van der Waals surface area contributed by atoms with Gasteiger partial charge in [-0.3, -0.25) is 4.79 Å². The van der Waals surface area contributed by atoms with E-state index in [0.29, 0.717) is 24.0 Å². The lowest BCUT2D eigenvalue weighted by molar-refractivity contribution is -0.218. The van der Waals surface area contributed by atoms with Crippen LogP contribution in [0.15, 0.2) is 34.9 Å². The van der Waals surface area contributed by atoms with Gasteiger partial charge in [-0.15, -0.1) is 0 Å². The van der Waals surface area contributed by atoms with Crippen LogP contribution >= 0.6 is 0 Å². The van der Waals surface area contributed by atoms with E-state index in [1.54, 1.807) is 0 Å². The van der Waals surface area contributed by atoms with Crippen LogP contribution in [0.1, 0.15) is 87.5 Å². The number of carbonyl (C=O) groups is 1. The van der Waals surface area contributed by atoms with Crippen molar-refractivity contribution in [1.29, 1.82) is 0 Å². The van der Waals surface area contributed by atoms with Crippen molar-refractivity contribution in [3.63, 3.8) is 0 Å². The summed E-state index contributed by atoms with van der Waals surface area (Å²) >= 11 is 0. The summed E-state index contributed by atoms with van der Waals surface area (Å²) in [5.74, 6) is 1.42. The molecule has 33 heavy (non-hydrogen) atoms. The Morgan fingerprint density at radius 1 is 0.909 bits per heavy atom. The van der Waals surface area contributed by atoms with Crippen molar-refractivity contribution in [2.24, 2.45) is 44.8 Å². The number of Topliss-reactive ketones (excluding diaryl/α,β-unsaturated/α-hetero) is 1. The summed E-state index contributed by atoms with van der Waals surface area (Å²) in [5.41, 5.74) is 2.81. The first kappa shape index (κ1) is 23.5. The Labute approximate surface area is 200 Å². The van der Waals surface area contributed by atoms with E-state index < -0.39 is 11.5 Å². The second-order valence-electron chi connectivity index (χ2n) is 13.8. The zero-order valence-electron chi connectivity index (χ0n) is 22.0. The molecule has 0 aromatic carbocycles. The molecule has 0 radical (unpaired) electrons. The van der Waals surface area contributed by atoms with Gasteiger partial charge in [-0.1, -0.05) is 59.8 Å². The van der Waals surface area contributed by atoms with Gasteiger partial charge in [0.15, 0.2) is 0 Å². The Morgan fingerprint density at radius 2 is 1.58 bits per heavy atom. The summed E-state index contributed by atoms with van der Waals surface area (Å²) < 4.78 is 0. The maximum atomic E-state index is 12.8. The van der Waals surface area contributed by atoms with E-state index in [-0.39, 0.29) is 33.7 Å². The highest BCUT2D eigenvalue weighted by atomic mass is 16.3. The van der Waals surface area contributed by atoms with Gasteiger partial charge in [0.05, 0.1) is 12.2 Å². The van der Waals surface area contributed by atoms with Gasteiger partial charge >= 0.3 is 0 Å². The average Bonchev–Trinajstić information content (AvgIpc) is 2.71. The number of hydrogen-bond acceptors (Lipinski definition) is 3. The van der Waals surface area contributed by atoms with E-state index in [9.17, 15) is 15.0 Å². The molecule has 3 heteroatoms. The van der Waals surface area contributed by atoms with Crippen molar-refractivity contribution < 1.29 is 15.0 Å². The molecule has 0 aromatic heterocycles. The Morgan fingerprint density at radius 3 is 2.24 bits per heavy atom. The molecule has 0 amide bonds. The van der Waals surface area contributed by atoms with E-state index in [1.165, 1.54) is 16.7 Å². The van der Waals surface area contributed by atoms with Gasteiger partial charge in [0.25, 0.3) is 0 Å². The number of aliphatic hydroxyl groups is 2. The zero-order chi connectivity index (χ0) is 24.4. The van der Waals surface area contributed by atoms with Crippen LogP contribution in [0.5, 0.6) is 0 Å². The smallest absolute Gasteiger partial charge is 0.142 e. The first-order valence-electron chi connectivity index (χ1n) is 13.2. The Kier molecular flexibility index (Phi) is 4.80. The molecule has 3 nitrogen and oxygen atoms in total. The normalized spacial score (nSPS) is 53.0. The van der Waals surface area contributed by atoms with Crippen molar-refractivity contribution in [3.05, 3.63) is 34.9 Å². The topological polar surface area (TPSA) is 57.5 Å². The number of allylic oxidation sites excluding steroid dienone is 5. The van der Waals surface area contributed by atoms with E-state index in [0.717, 1.165) is 25.7 Å². The molecule has 0 bridgehead atoms. The fraction of sp³-hybridized carbons (Fsp3) is 0.767. The Balaban J connectivity index is 1.70. The van der Waals surface area contributed by atoms with Gasteiger partial charge < -0.3 is 10.2 Å². The summed E-state index contributed by atoms with van der Waals surface area (Å²) in [4.78, 5) is 12.8. The summed E-state index contributed by atoms with van der Waals surface area (Å²) in [7, 11) is 0. The Hall–Kier alpha value is -1.19. The molecule has 2 N–H and O–H groups in total. The van der Waals surface area contributed by atoms with Crippen molar-refractivity contribution in [2.75, 3.05) is 0 Å². The van der Waals surface area contributed by atoms with Crippen molar-refractivity contribution in [2.45, 2.75) is 99.7 Å². The maximum Gasteiger partial charge on any atom is 0.142 e. The maximum absolute atomic E-state index is 12.8. The molecule has 0 heterocycles. The minimum absolute atomic E-state index is 0.0657. The monoisotopic (exact) mass is 452 g/mol. The SMILES string of the molecule is C[C@H]1[C@H](C)[C@@H](O)C[C@]2(C)C[C@@H](O)[C@]3(C)C4=CC=C5C(C)(C)C(=O)CC[C@]5(C)C4=CC[C@@]3(C)[C@H]12. The van der Waals surface area contributed by atoms with Gasteiger partial charge in [-0.25, -0.2) is 0 Å². The van der Waals surface area contributed by atoms with E-state index in [1.807, 2.05) is 0 Å². The number of ketones is 1. The highest BCUT2D eigenvalue weighted by molar-refractivity contribution is 5.90. The van der Waals surface area contributed by atoms with Crippen molar-refractivity contribution >= 4 is 5.78 Å². The second kappa shape index (κ2) is 6.72. The molecule has 5 aliphatic rings. The van der Waals surface area contributed by atoms with Crippen LogP contribution in [0.25, 0.3) is 0 Å². The predicted molar refractivity (Wildman–Crippen MR) is 132 cm³/mol. The largest absolute Gasteiger partial charge is 0.393 e. The molecule has 3 saturated carbocycles. The molecule has 3 fully saturated rings. The number of aliphatic hydroxyl groups excluding tert-OH is 2. The summed E-state index contributed by atoms with van der Waals surface area (Å²) in [5, 5.41) is 22.8. The van der Waals surface area contributed by atoms with Crippen LogP contribution in [0.2, 0.25) is 0 Å². The molecule has 5 rings (SSSR count). The second-order valence-corrected chi connectivity index (χ2v) is 13.8. The quantitative estimate of drug-likeness (QED) is 0.473. The van der Waals surface area contributed by atoms with Crippen LogP contribution in [-0.4, -0.2) is 28.2 Å². The van der Waals surface area contributed by atoms with Crippen molar-refractivity contribution in [1.82, 2.24) is 0 Å². The molecular formula is C30H44O3. The first-order valence-corrected chi connectivity index (χ1v) is 13.2. The minimum atomic E-state index is -0.455. The third kappa shape index (κ3) is 2.62. The first-order chi connectivity index (χ1) is 15.1. The standard InChI is InChI=1S/C30H44O3/c1-17-18(2)25-27(5,15-21(17)31)16-24(33)30(8)20-9-10-22-26(3,4)23(32)12-13-28(22,6)19(20)11-14-29(25,30)7/h9-11,17-18,21,24-25,31,33H,12-16H2,1-8H3/t17-,18-,21-,24+,25+,27+,28+,29-,30-/m0/s1. The summed E-state index contributed by atoms with van der Waals surface area (Å²) in [6, 6.07) is 0. The number of fused-ring (bicyclic) bond motifs is 7. The lowest BCUT2D eigenvalue weighted by atomic mass is 9.35. The van der Waals surface area contributed by atoms with Gasteiger partial charge in [-0.2, -0.15) is 0 Å². The Bertz CT molecular complexity index is 1000. The van der Waals surface area contributed by atoms with Crippen LogP contribution < -0.4 is 0 Å². The summed E-state index contributed by atoms with van der Waals surface area (Å²) in [6.45, 7) is 18.1. The fourth-order valence-electron chi connectivity index (χ4n) is 9.79. The van der Waals surface area contributed by atoms with Gasteiger partial charge in [-0.05, 0) is 84.8 Å². The molecular weight excluding hydrogens is 408 g/mol. The number of hydrogen-bond donors (Lipinski definition) is 2. The highest BCUT2D eigenvalue weighted by Crippen LogP contribution is 2.73. The molecule has 0 aromatic rings. The number of carbonyl (C=O) groups excluding carboxylic acids is 1. The average molecular weight is 453 g/mol. The lowest BCUT2D eigenvalue weighted by Gasteiger charge is -2.70. The van der Waals surface area contributed by atoms with E-state index in [4.69, 9.17) is 0 Å². The molecule has 0 spiro atoms. The molecule has 182 valence electrons. The minimum Gasteiger partial charge on any atom is -0.393 e. The molecule has 5 aliphatic carbocycles. The van der Waals surface area contributed by atoms with Crippen LogP contribution in [-0.2, 0) is 4.79 Å². The van der Waals surface area contributed by atoms with Gasteiger partial charge in [0, 0.05) is 22.7 Å². The molecule has 9 atom stereocenters. The van der Waals surface area contributed by atoms with E-state index >= 15 is 0 Å². The van der Waals surface area contributed by atoms with Crippen LogP contribution in [0, 0.1) is 44.8 Å². The van der Waals surface area contributed by atoms with Gasteiger partial charge in [0.1, 0.15) is 5.78 Å². The summed E-state index contributed by atoms with van der Waals surface area (Å²) in [6.07, 6.45) is 10.2. The molecule has 0 unspecified atom stereocenters. The molecule has 0 saturated heterocycles. The van der Waals surface area contributed by atoms with Crippen molar-refractivity contribution in [3.8, 4) is 0 Å². The van der Waals surface area contributed by atoms with E-state index in [2.05, 4.69) is 73.6 Å². The highest BCUT2D eigenvalue weighted by Gasteiger charge is 2.69. The lowest BCUT2D eigenvalue weighted by Crippen LogP contribution is -2.67. The third-order valence-corrected chi connectivity index (χ3v) is 12.0. The molecule has 0 aliphatic heterocycles. The predicted octanol–water partition coefficient (Wildman–Crippen LogP) is 6.01. The zero-order valence-corrected chi connectivity index (χ0v) is 22.0. The number of rotatable bonds is 0. The van der Waals surface area contributed by atoms with Crippen LogP contribution in [0.3, 0.4) is 0 Å². The van der Waals surface area contributed by atoms with Gasteiger partial charge in [0.2, 0.25) is 0 Å². The van der Waals surface area contributed by atoms with Crippen LogP contribution in [0.4, 0.5) is 0 Å².